The highest BCUT2D eigenvalue weighted by atomic mass is 16.6. The maximum atomic E-state index is 12.0. The van der Waals surface area contributed by atoms with Gasteiger partial charge < -0.3 is 15.4 Å². The molecule has 0 unspecified atom stereocenters. The van der Waals surface area contributed by atoms with Crippen LogP contribution in [0.25, 0.3) is 0 Å². The van der Waals surface area contributed by atoms with Crippen LogP contribution in [0.3, 0.4) is 0 Å². The molecule has 0 aliphatic carbocycles. The Morgan fingerprint density at radius 1 is 0.967 bits per heavy atom. The molecule has 0 heterocycles. The van der Waals surface area contributed by atoms with Gasteiger partial charge in [-0.1, -0.05) is 24.3 Å². The van der Waals surface area contributed by atoms with Gasteiger partial charge in [-0.3, -0.25) is 24.5 Å². The summed E-state index contributed by atoms with van der Waals surface area (Å²) in [5.74, 6) is -1.41. The van der Waals surface area contributed by atoms with E-state index in [1.165, 1.54) is 24.3 Å². The van der Waals surface area contributed by atoms with Gasteiger partial charge in [0.2, 0.25) is 5.91 Å². The monoisotopic (exact) mass is 413 g/mol. The first-order chi connectivity index (χ1) is 14.3. The number of benzene rings is 2. The van der Waals surface area contributed by atoms with Crippen LogP contribution in [0.15, 0.2) is 42.5 Å². The molecule has 2 rings (SSSR count). The number of nitro benzene ring substituents is 1. The van der Waals surface area contributed by atoms with Crippen molar-refractivity contribution in [1.82, 2.24) is 0 Å². The predicted octanol–water partition coefficient (Wildman–Crippen LogP) is 3.50. The van der Waals surface area contributed by atoms with Crippen molar-refractivity contribution in [2.24, 2.45) is 0 Å². The standard InChI is InChI=1S/C21H23N3O6/c1-14-6-3-7-15(2)21(14)23-19(26)13-30-20(27)11-5-10-18(25)22-16-8-4-9-17(12-16)24(28)29/h3-4,6-9,12H,5,10-11,13H2,1-2H3,(H,22,25)(H,23,26). The molecule has 2 aromatic rings. The van der Waals surface area contributed by atoms with Gasteiger partial charge in [0, 0.05) is 36.3 Å². The van der Waals surface area contributed by atoms with Gasteiger partial charge in [0.05, 0.1) is 4.92 Å². The second-order valence-corrected chi connectivity index (χ2v) is 6.68. The van der Waals surface area contributed by atoms with Crippen molar-refractivity contribution < 1.29 is 24.0 Å². The van der Waals surface area contributed by atoms with Crippen LogP contribution in [-0.2, 0) is 19.1 Å². The SMILES string of the molecule is Cc1cccc(C)c1NC(=O)COC(=O)CCCC(=O)Nc1cccc([N+](=O)[O-])c1. The van der Waals surface area contributed by atoms with Crippen LogP contribution in [0.2, 0.25) is 0 Å². The van der Waals surface area contributed by atoms with Crippen LogP contribution in [0.5, 0.6) is 0 Å². The summed E-state index contributed by atoms with van der Waals surface area (Å²) in [6, 6.07) is 11.2. The third-order valence-electron chi connectivity index (χ3n) is 4.24. The number of carbonyl (C=O) groups is 3. The Morgan fingerprint density at radius 3 is 2.30 bits per heavy atom. The lowest BCUT2D eigenvalue weighted by Gasteiger charge is -2.11. The molecule has 0 saturated carbocycles. The lowest BCUT2D eigenvalue weighted by Crippen LogP contribution is -2.22. The zero-order chi connectivity index (χ0) is 22.1. The molecule has 0 aliphatic heterocycles. The van der Waals surface area contributed by atoms with Crippen molar-refractivity contribution in [3.05, 3.63) is 63.7 Å². The molecule has 0 bridgehead atoms. The molecule has 158 valence electrons. The number of nitrogens with zero attached hydrogens (tertiary/aromatic N) is 1. The largest absolute Gasteiger partial charge is 0.456 e. The molecular formula is C21H23N3O6. The second kappa shape index (κ2) is 10.7. The first-order valence-corrected chi connectivity index (χ1v) is 9.32. The number of carbonyl (C=O) groups excluding carboxylic acids is 3. The average molecular weight is 413 g/mol. The summed E-state index contributed by atoms with van der Waals surface area (Å²) in [5, 5.41) is 16.0. The van der Waals surface area contributed by atoms with E-state index < -0.39 is 23.4 Å². The summed E-state index contributed by atoms with van der Waals surface area (Å²) in [7, 11) is 0. The summed E-state index contributed by atoms with van der Waals surface area (Å²) in [6.45, 7) is 3.33. The van der Waals surface area contributed by atoms with E-state index in [9.17, 15) is 24.5 Å². The number of amides is 2. The number of hydrogen-bond donors (Lipinski definition) is 2. The Morgan fingerprint density at radius 2 is 1.63 bits per heavy atom. The van der Waals surface area contributed by atoms with Crippen molar-refractivity contribution >= 4 is 34.8 Å². The van der Waals surface area contributed by atoms with Crippen LogP contribution < -0.4 is 10.6 Å². The number of para-hydroxylation sites is 1. The van der Waals surface area contributed by atoms with E-state index in [1.807, 2.05) is 32.0 Å². The molecule has 9 heteroatoms. The summed E-state index contributed by atoms with van der Waals surface area (Å²) in [6.07, 6.45) is 0.226. The molecule has 0 radical (unpaired) electrons. The Kier molecular flexibility index (Phi) is 8.04. The minimum atomic E-state index is -0.588. The number of rotatable bonds is 9. The molecule has 2 N–H and O–H groups in total. The molecule has 0 aromatic heterocycles. The number of nitro groups is 1. The molecule has 0 spiro atoms. The fraction of sp³-hybridized carbons (Fsp3) is 0.286. The fourth-order valence-electron chi connectivity index (χ4n) is 2.72. The highest BCUT2D eigenvalue weighted by molar-refractivity contribution is 5.94. The quantitative estimate of drug-likeness (QED) is 0.368. The number of esters is 1. The summed E-state index contributed by atoms with van der Waals surface area (Å²) < 4.78 is 4.94. The molecule has 2 amide bonds. The van der Waals surface area contributed by atoms with Gasteiger partial charge in [-0.15, -0.1) is 0 Å². The normalized spacial score (nSPS) is 10.2. The van der Waals surface area contributed by atoms with Gasteiger partial charge in [-0.25, -0.2) is 0 Å². The highest BCUT2D eigenvalue weighted by Gasteiger charge is 2.12. The Labute approximate surface area is 173 Å². The molecule has 9 nitrogen and oxygen atoms in total. The van der Waals surface area contributed by atoms with Crippen molar-refractivity contribution in [3.8, 4) is 0 Å². The smallest absolute Gasteiger partial charge is 0.306 e. The van der Waals surface area contributed by atoms with E-state index in [0.717, 1.165) is 11.1 Å². The minimum absolute atomic E-state index is 0.0287. The third kappa shape index (κ3) is 7.01. The molecule has 0 saturated heterocycles. The van der Waals surface area contributed by atoms with Crippen LogP contribution in [-0.4, -0.2) is 29.3 Å². The lowest BCUT2D eigenvalue weighted by molar-refractivity contribution is -0.384. The first kappa shape index (κ1) is 22.5. The maximum absolute atomic E-state index is 12.0. The average Bonchev–Trinajstić information content (AvgIpc) is 2.69. The minimum Gasteiger partial charge on any atom is -0.456 e. The van der Waals surface area contributed by atoms with E-state index in [-0.39, 0.29) is 30.9 Å². The Hall–Kier alpha value is -3.75. The van der Waals surface area contributed by atoms with Crippen LogP contribution in [0.4, 0.5) is 17.1 Å². The molecule has 2 aromatic carbocycles. The van der Waals surface area contributed by atoms with E-state index >= 15 is 0 Å². The number of ether oxygens (including phenoxy) is 1. The zero-order valence-electron chi connectivity index (χ0n) is 16.8. The maximum Gasteiger partial charge on any atom is 0.306 e. The first-order valence-electron chi connectivity index (χ1n) is 9.32. The number of hydrogen-bond acceptors (Lipinski definition) is 6. The van der Waals surface area contributed by atoms with Gasteiger partial charge in [0.25, 0.3) is 11.6 Å². The molecule has 0 atom stereocenters. The summed E-state index contributed by atoms with van der Waals surface area (Å²) in [4.78, 5) is 45.9. The second-order valence-electron chi connectivity index (χ2n) is 6.68. The fourth-order valence-corrected chi connectivity index (χ4v) is 2.72. The van der Waals surface area contributed by atoms with Gasteiger partial charge in [0.15, 0.2) is 6.61 Å². The number of aryl methyl sites for hydroxylation is 2. The van der Waals surface area contributed by atoms with E-state index in [2.05, 4.69) is 10.6 Å². The molecule has 0 aliphatic rings. The topological polar surface area (TPSA) is 128 Å². The van der Waals surface area contributed by atoms with Crippen molar-refractivity contribution in [3.63, 3.8) is 0 Å². The highest BCUT2D eigenvalue weighted by Crippen LogP contribution is 2.19. The van der Waals surface area contributed by atoms with Crippen LogP contribution in [0.1, 0.15) is 30.4 Å². The summed E-state index contributed by atoms with van der Waals surface area (Å²) >= 11 is 0. The van der Waals surface area contributed by atoms with E-state index in [1.54, 1.807) is 0 Å². The van der Waals surface area contributed by atoms with Gasteiger partial charge in [0.1, 0.15) is 0 Å². The molecule has 0 fully saturated rings. The van der Waals surface area contributed by atoms with Gasteiger partial charge >= 0.3 is 5.97 Å². The van der Waals surface area contributed by atoms with Crippen molar-refractivity contribution in [1.29, 1.82) is 0 Å². The Balaban J connectivity index is 1.69. The predicted molar refractivity (Wildman–Crippen MR) is 111 cm³/mol. The number of non-ortho nitro benzene ring substituents is 1. The molecule has 30 heavy (non-hydrogen) atoms. The molecular weight excluding hydrogens is 390 g/mol. The zero-order valence-corrected chi connectivity index (χ0v) is 16.8. The third-order valence-corrected chi connectivity index (χ3v) is 4.24. The summed E-state index contributed by atoms with van der Waals surface area (Å²) in [5.41, 5.74) is 2.68. The van der Waals surface area contributed by atoms with Crippen molar-refractivity contribution in [2.75, 3.05) is 17.2 Å². The van der Waals surface area contributed by atoms with E-state index in [0.29, 0.717) is 11.4 Å². The number of nitrogens with one attached hydrogen (secondary N) is 2. The number of anilines is 2. The van der Waals surface area contributed by atoms with Crippen molar-refractivity contribution in [2.45, 2.75) is 33.1 Å². The van der Waals surface area contributed by atoms with Gasteiger partial charge in [-0.05, 0) is 37.5 Å². The van der Waals surface area contributed by atoms with Crippen LogP contribution >= 0.6 is 0 Å². The van der Waals surface area contributed by atoms with E-state index in [4.69, 9.17) is 4.74 Å². The van der Waals surface area contributed by atoms with Gasteiger partial charge in [-0.2, -0.15) is 0 Å². The lowest BCUT2D eigenvalue weighted by atomic mass is 10.1. The van der Waals surface area contributed by atoms with Crippen LogP contribution in [0, 0.1) is 24.0 Å². The Bertz CT molecular complexity index is 937.